The molecule has 1 saturated carbocycles. The molecule has 0 bridgehead atoms. The molecular formula is C17H21N3OS. The minimum Gasteiger partial charge on any atom is -0.309 e. The first kappa shape index (κ1) is 15.3. The lowest BCUT2D eigenvalue weighted by Gasteiger charge is -2.12. The zero-order valence-corrected chi connectivity index (χ0v) is 14.3. The molecule has 1 fully saturated rings. The van der Waals surface area contributed by atoms with Gasteiger partial charge in [-0.05, 0) is 45.2 Å². The fourth-order valence-corrected chi connectivity index (χ4v) is 3.45. The molecule has 1 aliphatic carbocycles. The predicted octanol–water partition coefficient (Wildman–Crippen LogP) is 3.67. The van der Waals surface area contributed by atoms with Crippen LogP contribution in [0.5, 0.6) is 0 Å². The van der Waals surface area contributed by atoms with Crippen LogP contribution in [0.3, 0.4) is 0 Å². The minimum absolute atomic E-state index is 0.155. The van der Waals surface area contributed by atoms with Crippen LogP contribution in [-0.4, -0.2) is 25.8 Å². The van der Waals surface area contributed by atoms with E-state index < -0.39 is 0 Å². The van der Waals surface area contributed by atoms with Gasteiger partial charge in [0.25, 0.3) is 0 Å². The topological polar surface area (TPSA) is 47.8 Å². The van der Waals surface area contributed by atoms with Crippen molar-refractivity contribution in [3.8, 4) is 0 Å². The first-order valence-electron chi connectivity index (χ1n) is 7.64. The van der Waals surface area contributed by atoms with E-state index in [1.165, 1.54) is 24.6 Å². The van der Waals surface area contributed by atoms with Gasteiger partial charge in [0.05, 0.1) is 5.25 Å². The molecule has 5 heteroatoms. The SMILES string of the molecule is Cc1ccc(C)c(C(=O)[C@@H](C)Sc2nnc(C3CC3)n2C)c1. The second-order valence-electron chi connectivity index (χ2n) is 6.12. The van der Waals surface area contributed by atoms with E-state index in [0.717, 1.165) is 27.7 Å². The maximum Gasteiger partial charge on any atom is 0.191 e. The third-order valence-electron chi connectivity index (χ3n) is 4.12. The highest BCUT2D eigenvalue weighted by Crippen LogP contribution is 2.40. The van der Waals surface area contributed by atoms with Gasteiger partial charge in [0.2, 0.25) is 0 Å². The van der Waals surface area contributed by atoms with Crippen molar-refractivity contribution in [3.05, 3.63) is 40.7 Å². The lowest BCUT2D eigenvalue weighted by molar-refractivity contribution is 0.0993. The number of benzene rings is 1. The van der Waals surface area contributed by atoms with Crippen LogP contribution in [0.1, 0.15) is 53.0 Å². The highest BCUT2D eigenvalue weighted by atomic mass is 32.2. The Morgan fingerprint density at radius 3 is 2.73 bits per heavy atom. The Kier molecular flexibility index (Phi) is 4.08. The average Bonchev–Trinajstić information content (AvgIpc) is 3.27. The molecule has 0 aliphatic heterocycles. The van der Waals surface area contributed by atoms with Gasteiger partial charge >= 0.3 is 0 Å². The molecule has 1 aliphatic rings. The van der Waals surface area contributed by atoms with Crippen molar-refractivity contribution in [1.29, 1.82) is 0 Å². The summed E-state index contributed by atoms with van der Waals surface area (Å²) in [4.78, 5) is 12.7. The molecular weight excluding hydrogens is 294 g/mol. The van der Waals surface area contributed by atoms with Gasteiger partial charge in [-0.2, -0.15) is 0 Å². The molecule has 0 unspecified atom stereocenters. The summed E-state index contributed by atoms with van der Waals surface area (Å²) in [6.07, 6.45) is 2.40. The van der Waals surface area contributed by atoms with E-state index in [9.17, 15) is 4.79 Å². The molecule has 1 atom stereocenters. The standard InChI is InChI=1S/C17H21N3OS/c1-10-5-6-11(2)14(9-10)15(21)12(3)22-17-19-18-16(20(17)4)13-7-8-13/h5-6,9,12-13H,7-8H2,1-4H3/t12-/m1/s1. The molecule has 3 rings (SSSR count). The van der Waals surface area contributed by atoms with Crippen LogP contribution in [0, 0.1) is 13.8 Å². The number of aromatic nitrogens is 3. The Labute approximate surface area is 135 Å². The first-order chi connectivity index (χ1) is 10.5. The third-order valence-corrected chi connectivity index (χ3v) is 5.25. The van der Waals surface area contributed by atoms with Crippen LogP contribution in [0.2, 0.25) is 0 Å². The maximum atomic E-state index is 12.7. The lowest BCUT2D eigenvalue weighted by Crippen LogP contribution is -2.16. The number of aryl methyl sites for hydroxylation is 2. The van der Waals surface area contributed by atoms with Gasteiger partial charge in [0, 0.05) is 18.5 Å². The molecule has 0 amide bonds. The summed E-state index contributed by atoms with van der Waals surface area (Å²) in [6, 6.07) is 6.02. The molecule has 2 aromatic rings. The van der Waals surface area contributed by atoms with Gasteiger partial charge in [-0.1, -0.05) is 29.5 Å². The van der Waals surface area contributed by atoms with Gasteiger partial charge < -0.3 is 4.57 Å². The van der Waals surface area contributed by atoms with E-state index in [4.69, 9.17) is 0 Å². The molecule has 0 saturated heterocycles. The number of carbonyl (C=O) groups excluding carboxylic acids is 1. The first-order valence-corrected chi connectivity index (χ1v) is 8.52. The minimum atomic E-state index is -0.171. The van der Waals surface area contributed by atoms with Crippen molar-refractivity contribution in [2.75, 3.05) is 0 Å². The Morgan fingerprint density at radius 1 is 1.32 bits per heavy atom. The molecule has 4 nitrogen and oxygen atoms in total. The number of rotatable bonds is 5. The summed E-state index contributed by atoms with van der Waals surface area (Å²) >= 11 is 1.49. The van der Waals surface area contributed by atoms with Crippen molar-refractivity contribution in [2.45, 2.75) is 49.9 Å². The number of hydrogen-bond acceptors (Lipinski definition) is 4. The Morgan fingerprint density at radius 2 is 2.05 bits per heavy atom. The normalized spacial score (nSPS) is 15.8. The average molecular weight is 315 g/mol. The van der Waals surface area contributed by atoms with Gasteiger partial charge in [0.15, 0.2) is 10.9 Å². The predicted molar refractivity (Wildman–Crippen MR) is 88.5 cm³/mol. The second-order valence-corrected chi connectivity index (χ2v) is 7.42. The molecule has 1 heterocycles. The number of thioether (sulfide) groups is 1. The molecule has 116 valence electrons. The highest BCUT2D eigenvalue weighted by molar-refractivity contribution is 8.00. The largest absolute Gasteiger partial charge is 0.309 e. The third kappa shape index (κ3) is 2.95. The van der Waals surface area contributed by atoms with E-state index in [2.05, 4.69) is 10.2 Å². The van der Waals surface area contributed by atoms with Gasteiger partial charge in [0.1, 0.15) is 5.82 Å². The molecule has 1 aromatic carbocycles. The van der Waals surface area contributed by atoms with E-state index in [-0.39, 0.29) is 11.0 Å². The van der Waals surface area contributed by atoms with Crippen LogP contribution in [0.25, 0.3) is 0 Å². The monoisotopic (exact) mass is 315 g/mol. The highest BCUT2D eigenvalue weighted by Gasteiger charge is 2.30. The fraction of sp³-hybridized carbons (Fsp3) is 0.471. The van der Waals surface area contributed by atoms with Crippen LogP contribution in [-0.2, 0) is 7.05 Å². The summed E-state index contributed by atoms with van der Waals surface area (Å²) in [7, 11) is 1.99. The van der Waals surface area contributed by atoms with Crippen LogP contribution in [0.15, 0.2) is 23.4 Å². The quantitative estimate of drug-likeness (QED) is 0.624. The van der Waals surface area contributed by atoms with Crippen LogP contribution >= 0.6 is 11.8 Å². The zero-order chi connectivity index (χ0) is 15.9. The number of Topliss-reactive ketones (excluding diaryl/α,β-unsaturated/α-hetero) is 1. The van der Waals surface area contributed by atoms with Crippen molar-refractivity contribution in [2.24, 2.45) is 7.05 Å². The molecule has 22 heavy (non-hydrogen) atoms. The second kappa shape index (κ2) is 5.88. The molecule has 0 spiro atoms. The summed E-state index contributed by atoms with van der Waals surface area (Å²) in [5, 5.41) is 9.19. The Balaban J connectivity index is 1.77. The zero-order valence-electron chi connectivity index (χ0n) is 13.5. The van der Waals surface area contributed by atoms with E-state index in [1.54, 1.807) is 0 Å². The van der Waals surface area contributed by atoms with Crippen molar-refractivity contribution >= 4 is 17.5 Å². The van der Waals surface area contributed by atoms with E-state index >= 15 is 0 Å². The van der Waals surface area contributed by atoms with Crippen LogP contribution in [0.4, 0.5) is 0 Å². The number of carbonyl (C=O) groups is 1. The number of hydrogen-bond donors (Lipinski definition) is 0. The molecule has 1 aromatic heterocycles. The Hall–Kier alpha value is -1.62. The molecule has 0 radical (unpaired) electrons. The van der Waals surface area contributed by atoms with Gasteiger partial charge in [-0.15, -0.1) is 10.2 Å². The lowest BCUT2D eigenvalue weighted by atomic mass is 10.0. The van der Waals surface area contributed by atoms with Crippen LogP contribution < -0.4 is 0 Å². The Bertz CT molecular complexity index is 719. The van der Waals surface area contributed by atoms with Crippen molar-refractivity contribution < 1.29 is 4.79 Å². The maximum absolute atomic E-state index is 12.7. The number of ketones is 1. The summed E-state index contributed by atoms with van der Waals surface area (Å²) in [5.41, 5.74) is 2.95. The fourth-order valence-electron chi connectivity index (χ4n) is 2.56. The summed E-state index contributed by atoms with van der Waals surface area (Å²) in [6.45, 7) is 5.94. The van der Waals surface area contributed by atoms with Gasteiger partial charge in [-0.25, -0.2) is 0 Å². The number of nitrogens with zero attached hydrogens (tertiary/aromatic N) is 3. The van der Waals surface area contributed by atoms with Crippen molar-refractivity contribution in [3.63, 3.8) is 0 Å². The van der Waals surface area contributed by atoms with E-state index in [1.807, 2.05) is 50.6 Å². The van der Waals surface area contributed by atoms with Gasteiger partial charge in [-0.3, -0.25) is 4.79 Å². The summed E-state index contributed by atoms with van der Waals surface area (Å²) < 4.78 is 2.04. The summed E-state index contributed by atoms with van der Waals surface area (Å²) in [5.74, 6) is 1.77. The molecule has 0 N–H and O–H groups in total. The van der Waals surface area contributed by atoms with E-state index in [0.29, 0.717) is 5.92 Å². The van der Waals surface area contributed by atoms with Crippen molar-refractivity contribution in [1.82, 2.24) is 14.8 Å². The smallest absolute Gasteiger partial charge is 0.191 e.